The van der Waals surface area contributed by atoms with Crippen LogP contribution in [0.1, 0.15) is 21.5 Å². The number of nitrogens with one attached hydrogen (secondary N) is 1. The summed E-state index contributed by atoms with van der Waals surface area (Å²) in [6.07, 6.45) is 0. The molecule has 1 amide bonds. The number of aliphatic imine (C=N–C) groups is 1. The molecule has 31 heavy (non-hydrogen) atoms. The number of fused-ring (bicyclic) bond motifs is 1. The molecule has 4 rings (SSSR count). The van der Waals surface area contributed by atoms with Crippen LogP contribution in [0.15, 0.2) is 63.3 Å². The Morgan fingerprint density at radius 1 is 0.774 bits per heavy atom. The van der Waals surface area contributed by atoms with Crippen molar-refractivity contribution in [3.8, 4) is 17.1 Å². The first-order chi connectivity index (χ1) is 14.0. The molecule has 0 atom stereocenters. The molecule has 0 radical (unpaired) electrons. The third-order valence-corrected chi connectivity index (χ3v) is 6.19. The Bertz CT molecular complexity index is 1440. The molecule has 13 heteroatoms. The number of aromatic nitrogens is 1. The van der Waals surface area contributed by atoms with Crippen LogP contribution >= 0.6 is 0 Å². The Morgan fingerprint density at radius 3 is 1.68 bits per heavy atom. The van der Waals surface area contributed by atoms with E-state index < -0.39 is 35.9 Å². The van der Waals surface area contributed by atoms with Gasteiger partial charge in [-0.15, -0.1) is 0 Å². The number of aromatic amines is 1. The van der Waals surface area contributed by atoms with Gasteiger partial charge in [0, 0.05) is 5.56 Å². The first-order valence-corrected chi connectivity index (χ1v) is 11.0. The summed E-state index contributed by atoms with van der Waals surface area (Å²) in [4.78, 5) is 18.1. The second-order valence-corrected chi connectivity index (χ2v) is 9.08. The van der Waals surface area contributed by atoms with E-state index in [1.807, 2.05) is 0 Å². The molecule has 2 heterocycles. The van der Waals surface area contributed by atoms with Gasteiger partial charge in [-0.2, -0.15) is 0 Å². The van der Waals surface area contributed by atoms with Gasteiger partial charge in [0.2, 0.25) is 0 Å². The number of nitrogens with zero attached hydrogens (tertiary/aromatic N) is 1. The van der Waals surface area contributed by atoms with Crippen LogP contribution in [0.2, 0.25) is 0 Å². The Kier molecular flexibility index (Phi) is 6.19. The summed E-state index contributed by atoms with van der Waals surface area (Å²) >= 11 is 0. The van der Waals surface area contributed by atoms with Crippen LogP contribution in [0.25, 0.3) is 11.3 Å². The fraction of sp³-hybridized carbons (Fsp3) is 0. The number of H-pyrrole nitrogens is 1. The number of amides is 1. The van der Waals surface area contributed by atoms with Gasteiger partial charge in [0.25, 0.3) is 5.91 Å². The van der Waals surface area contributed by atoms with Crippen LogP contribution < -0.4 is 0 Å². The molecule has 0 spiro atoms. The number of hydrogen-bond acceptors (Lipinski definition) is 8. The Hall–Kier alpha value is -2.06. The van der Waals surface area contributed by atoms with E-state index in [1.165, 1.54) is 24.3 Å². The fourth-order valence-corrected chi connectivity index (χ4v) is 4.08. The number of aromatic hydroxyl groups is 1. The van der Waals surface area contributed by atoms with E-state index in [-0.39, 0.29) is 66.2 Å². The normalized spacial score (nSPS) is 13.5. The van der Waals surface area contributed by atoms with Crippen molar-refractivity contribution in [2.24, 2.45) is 4.99 Å². The van der Waals surface area contributed by atoms with Crippen molar-refractivity contribution in [2.75, 3.05) is 0 Å². The molecular weight excluding hydrogens is 476 g/mol. The number of carbonyl (C=O) groups is 1. The Labute approximate surface area is 206 Å². The minimum atomic E-state index is -4.65. The maximum Gasteiger partial charge on any atom is 2.00 e. The molecule has 2 N–H and O–H groups in total. The fourth-order valence-electron chi connectivity index (χ4n) is 3.14. The van der Waals surface area contributed by atoms with Crippen LogP contribution in [0.5, 0.6) is 5.88 Å². The molecule has 0 fully saturated rings. The van der Waals surface area contributed by atoms with Gasteiger partial charge in [-0.25, -0.2) is 21.8 Å². The smallest absolute Gasteiger partial charge is 0.744 e. The Balaban J connectivity index is 0.00000272. The zero-order valence-corrected chi connectivity index (χ0v) is 19.2. The van der Waals surface area contributed by atoms with E-state index in [0.29, 0.717) is 11.1 Å². The number of rotatable bonds is 4. The van der Waals surface area contributed by atoms with Crippen molar-refractivity contribution in [1.29, 1.82) is 0 Å². The summed E-state index contributed by atoms with van der Waals surface area (Å²) in [5, 5.41) is 10.4. The maximum absolute atomic E-state index is 12.5. The SMILES string of the molecule is O=C1N=C(c2ccc(S(=O)(=O)[O-])cc2)c2c(O)[nH]c(-c3ccc(S(=O)(=O)[O-])cc3)c21.[Ca+2]. The number of benzene rings is 2. The summed E-state index contributed by atoms with van der Waals surface area (Å²) < 4.78 is 66.5. The van der Waals surface area contributed by atoms with Crippen molar-refractivity contribution >= 4 is 69.6 Å². The summed E-state index contributed by atoms with van der Waals surface area (Å²) in [5.41, 5.74) is 0.970. The molecule has 0 saturated heterocycles. The summed E-state index contributed by atoms with van der Waals surface area (Å²) in [7, 11) is -9.29. The standard InChI is InChI=1S/C18H12N2O8S2.Ca/c21-17-13-14(16(20-17)10-3-7-12(8-4-10)30(26,27)28)18(22)19-15(13)9-1-5-11(6-2-9)29(23,24)25;/h1-8,19,22H,(H,23,24,25)(H,26,27,28);/q;+2/p-2. The van der Waals surface area contributed by atoms with Crippen molar-refractivity contribution in [3.05, 3.63) is 65.2 Å². The van der Waals surface area contributed by atoms with Gasteiger partial charge in [0.15, 0.2) is 5.88 Å². The van der Waals surface area contributed by atoms with Gasteiger partial charge in [-0.1, -0.05) is 24.3 Å². The summed E-state index contributed by atoms with van der Waals surface area (Å²) in [6.45, 7) is 0. The van der Waals surface area contributed by atoms with Crippen molar-refractivity contribution < 1.29 is 35.8 Å². The van der Waals surface area contributed by atoms with E-state index in [9.17, 15) is 35.8 Å². The van der Waals surface area contributed by atoms with Gasteiger partial charge >= 0.3 is 37.7 Å². The second-order valence-electron chi connectivity index (χ2n) is 6.32. The molecule has 3 aromatic rings. The molecule has 1 aromatic heterocycles. The maximum atomic E-state index is 12.5. The topological polar surface area (TPSA) is 180 Å². The quantitative estimate of drug-likeness (QED) is 0.401. The average molecular weight is 486 g/mol. The van der Waals surface area contributed by atoms with E-state index in [1.54, 1.807) is 0 Å². The van der Waals surface area contributed by atoms with Gasteiger partial charge < -0.3 is 19.2 Å². The van der Waals surface area contributed by atoms with Crippen LogP contribution in [-0.2, 0) is 20.2 Å². The largest absolute Gasteiger partial charge is 2.00 e. The average Bonchev–Trinajstić information content (AvgIpc) is 3.19. The monoisotopic (exact) mass is 486 g/mol. The van der Waals surface area contributed by atoms with Gasteiger partial charge in [0.05, 0.1) is 32.3 Å². The van der Waals surface area contributed by atoms with Crippen LogP contribution in [-0.4, -0.2) is 85.4 Å². The third kappa shape index (κ3) is 4.32. The molecule has 154 valence electrons. The molecule has 0 bridgehead atoms. The van der Waals surface area contributed by atoms with Crippen LogP contribution in [0.4, 0.5) is 0 Å². The zero-order valence-electron chi connectivity index (χ0n) is 15.4. The minimum absolute atomic E-state index is 0. The molecule has 0 unspecified atom stereocenters. The molecule has 10 nitrogen and oxygen atoms in total. The number of hydrogen-bond donors (Lipinski definition) is 2. The molecular formula is C18H10CaN2O8S2. The predicted octanol–water partition coefficient (Wildman–Crippen LogP) is 0.806. The van der Waals surface area contributed by atoms with Gasteiger partial charge in [-0.05, 0) is 29.8 Å². The summed E-state index contributed by atoms with van der Waals surface area (Å²) in [6, 6.07) is 9.45. The van der Waals surface area contributed by atoms with E-state index in [0.717, 1.165) is 24.3 Å². The third-order valence-electron chi connectivity index (χ3n) is 4.49. The molecule has 2 aromatic carbocycles. The predicted molar refractivity (Wildman–Crippen MR) is 106 cm³/mol. The second kappa shape index (κ2) is 8.13. The van der Waals surface area contributed by atoms with E-state index in [4.69, 9.17) is 0 Å². The van der Waals surface area contributed by atoms with Crippen molar-refractivity contribution in [3.63, 3.8) is 0 Å². The van der Waals surface area contributed by atoms with Gasteiger partial charge in [0.1, 0.15) is 20.2 Å². The number of carbonyl (C=O) groups excluding carboxylic acids is 1. The van der Waals surface area contributed by atoms with Crippen molar-refractivity contribution in [1.82, 2.24) is 4.98 Å². The van der Waals surface area contributed by atoms with E-state index in [2.05, 4.69) is 9.98 Å². The zero-order chi connectivity index (χ0) is 21.8. The van der Waals surface area contributed by atoms with Crippen molar-refractivity contribution in [2.45, 2.75) is 9.79 Å². The molecule has 0 saturated carbocycles. The van der Waals surface area contributed by atoms with Crippen LogP contribution in [0.3, 0.4) is 0 Å². The molecule has 1 aliphatic rings. The molecule has 1 aliphatic heterocycles. The van der Waals surface area contributed by atoms with Gasteiger partial charge in [-0.3, -0.25) is 4.79 Å². The minimum Gasteiger partial charge on any atom is -0.744 e. The summed E-state index contributed by atoms with van der Waals surface area (Å²) in [5.74, 6) is -1.07. The molecule has 0 aliphatic carbocycles. The first-order valence-electron chi connectivity index (χ1n) is 8.18. The van der Waals surface area contributed by atoms with Crippen LogP contribution in [0, 0.1) is 0 Å². The van der Waals surface area contributed by atoms with E-state index >= 15 is 0 Å². The Morgan fingerprint density at radius 2 is 1.23 bits per heavy atom. The first kappa shape index (κ1) is 23.6.